The molecule has 0 fully saturated rings. The minimum Gasteiger partial charge on any atom is -0.480 e. The number of nitrogens with zero attached hydrogens (tertiary/aromatic N) is 1. The molecule has 0 saturated carbocycles. The summed E-state index contributed by atoms with van der Waals surface area (Å²) in [4.78, 5) is 38.2. The highest BCUT2D eigenvalue weighted by Gasteiger charge is 2.12. The second kappa shape index (κ2) is 7.69. The lowest BCUT2D eigenvalue weighted by atomic mass is 10.1. The number of carbonyl (C=O) groups is 3. The molecule has 0 aliphatic rings. The summed E-state index contributed by atoms with van der Waals surface area (Å²) >= 11 is 0. The maximum Gasteiger partial charge on any atom is 0.322 e. The molecule has 0 aliphatic heterocycles. The second-order valence-electron chi connectivity index (χ2n) is 4.70. The van der Waals surface area contributed by atoms with Crippen LogP contribution in [-0.4, -0.2) is 34.4 Å². The van der Waals surface area contributed by atoms with Crippen molar-refractivity contribution in [2.24, 2.45) is 0 Å². The predicted octanol–water partition coefficient (Wildman–Crippen LogP) is 1.08. The van der Waals surface area contributed by atoms with Gasteiger partial charge < -0.3 is 15.7 Å². The van der Waals surface area contributed by atoms with Crippen LogP contribution in [0.4, 0.5) is 5.69 Å². The fourth-order valence-corrected chi connectivity index (χ4v) is 1.90. The second-order valence-corrected chi connectivity index (χ2v) is 4.70. The van der Waals surface area contributed by atoms with Gasteiger partial charge in [0.15, 0.2) is 0 Å². The minimum absolute atomic E-state index is 0.0310. The van der Waals surface area contributed by atoms with Crippen LogP contribution in [0.1, 0.15) is 15.9 Å². The van der Waals surface area contributed by atoms with Crippen molar-refractivity contribution in [3.8, 4) is 0 Å². The molecule has 2 rings (SSSR count). The molecule has 7 nitrogen and oxygen atoms in total. The number of hydrogen-bond acceptors (Lipinski definition) is 4. The van der Waals surface area contributed by atoms with Gasteiger partial charge in [-0.3, -0.25) is 19.4 Å². The van der Waals surface area contributed by atoms with Crippen molar-refractivity contribution in [1.82, 2.24) is 10.3 Å². The Morgan fingerprint density at radius 2 is 1.87 bits per heavy atom. The molecular weight excluding hydrogens is 298 g/mol. The summed E-state index contributed by atoms with van der Waals surface area (Å²) in [6.45, 7) is -0.441. The molecule has 118 valence electrons. The Labute approximate surface area is 132 Å². The van der Waals surface area contributed by atoms with E-state index in [2.05, 4.69) is 15.6 Å². The number of amides is 2. The summed E-state index contributed by atoms with van der Waals surface area (Å²) < 4.78 is 0. The molecule has 2 amide bonds. The zero-order valence-electron chi connectivity index (χ0n) is 12.2. The summed E-state index contributed by atoms with van der Waals surface area (Å²) in [5.74, 6) is -1.89. The van der Waals surface area contributed by atoms with Gasteiger partial charge in [-0.15, -0.1) is 0 Å². The largest absolute Gasteiger partial charge is 0.480 e. The average molecular weight is 313 g/mol. The minimum atomic E-state index is -1.11. The Bertz CT molecular complexity index is 716. The van der Waals surface area contributed by atoms with Gasteiger partial charge in [-0.05, 0) is 23.8 Å². The summed E-state index contributed by atoms with van der Waals surface area (Å²) in [7, 11) is 0. The predicted molar refractivity (Wildman–Crippen MR) is 83.0 cm³/mol. The van der Waals surface area contributed by atoms with Gasteiger partial charge in [-0.1, -0.05) is 18.2 Å². The van der Waals surface area contributed by atoms with Crippen LogP contribution in [-0.2, 0) is 16.0 Å². The van der Waals surface area contributed by atoms with Crippen molar-refractivity contribution in [2.45, 2.75) is 6.42 Å². The van der Waals surface area contributed by atoms with Gasteiger partial charge >= 0.3 is 5.97 Å². The van der Waals surface area contributed by atoms with Crippen molar-refractivity contribution in [3.63, 3.8) is 0 Å². The Morgan fingerprint density at radius 3 is 2.57 bits per heavy atom. The van der Waals surface area contributed by atoms with E-state index < -0.39 is 18.4 Å². The number of carbonyl (C=O) groups excluding carboxylic acids is 2. The molecule has 3 N–H and O–H groups in total. The first-order chi connectivity index (χ1) is 11.1. The third kappa shape index (κ3) is 4.92. The molecule has 23 heavy (non-hydrogen) atoms. The van der Waals surface area contributed by atoms with Gasteiger partial charge in [0, 0.05) is 18.1 Å². The fraction of sp³-hybridized carbons (Fsp3) is 0.125. The zero-order chi connectivity index (χ0) is 16.7. The van der Waals surface area contributed by atoms with Crippen LogP contribution < -0.4 is 10.6 Å². The molecule has 2 aromatic rings. The highest BCUT2D eigenvalue weighted by atomic mass is 16.4. The number of para-hydroxylation sites is 1. The fourth-order valence-electron chi connectivity index (χ4n) is 1.90. The van der Waals surface area contributed by atoms with E-state index in [1.165, 1.54) is 6.20 Å². The number of carboxylic acids is 1. The number of carboxylic acid groups (broad SMARTS) is 1. The van der Waals surface area contributed by atoms with E-state index in [1.54, 1.807) is 42.6 Å². The molecule has 7 heteroatoms. The SMILES string of the molecule is O=C(O)CNC(=O)Cc1ccccc1NC(=O)c1cccnc1. The van der Waals surface area contributed by atoms with Crippen molar-refractivity contribution in [1.29, 1.82) is 0 Å². The van der Waals surface area contributed by atoms with Gasteiger partial charge in [0.25, 0.3) is 5.91 Å². The summed E-state index contributed by atoms with van der Waals surface area (Å²) in [5, 5.41) is 13.6. The van der Waals surface area contributed by atoms with Crippen molar-refractivity contribution >= 4 is 23.5 Å². The molecule has 1 aromatic heterocycles. The van der Waals surface area contributed by atoms with E-state index in [1.807, 2.05) is 0 Å². The van der Waals surface area contributed by atoms with Crippen molar-refractivity contribution < 1.29 is 19.5 Å². The van der Waals surface area contributed by atoms with E-state index in [9.17, 15) is 14.4 Å². The third-order valence-electron chi connectivity index (χ3n) is 2.98. The molecule has 0 radical (unpaired) electrons. The number of pyridine rings is 1. The highest BCUT2D eigenvalue weighted by Crippen LogP contribution is 2.16. The topological polar surface area (TPSA) is 108 Å². The van der Waals surface area contributed by atoms with Gasteiger partial charge in [-0.2, -0.15) is 0 Å². The van der Waals surface area contributed by atoms with Crippen LogP contribution in [0, 0.1) is 0 Å². The molecule has 0 saturated heterocycles. The van der Waals surface area contributed by atoms with E-state index in [-0.39, 0.29) is 12.3 Å². The smallest absolute Gasteiger partial charge is 0.322 e. The Hall–Kier alpha value is -3.22. The summed E-state index contributed by atoms with van der Waals surface area (Å²) in [6.07, 6.45) is 2.98. The van der Waals surface area contributed by atoms with Gasteiger partial charge in [0.05, 0.1) is 12.0 Å². The molecule has 1 heterocycles. The monoisotopic (exact) mass is 313 g/mol. The first-order valence-corrected chi connectivity index (χ1v) is 6.84. The lowest BCUT2D eigenvalue weighted by Gasteiger charge is -2.11. The summed E-state index contributed by atoms with van der Waals surface area (Å²) in [6, 6.07) is 10.1. The maximum atomic E-state index is 12.1. The van der Waals surface area contributed by atoms with E-state index >= 15 is 0 Å². The standard InChI is InChI=1S/C16H15N3O4/c20-14(18-10-15(21)22)8-11-4-1-2-6-13(11)19-16(23)12-5-3-7-17-9-12/h1-7,9H,8,10H2,(H,18,20)(H,19,23)(H,21,22). The number of rotatable bonds is 6. The van der Waals surface area contributed by atoms with Crippen molar-refractivity contribution in [2.75, 3.05) is 11.9 Å². The summed E-state index contributed by atoms with van der Waals surface area (Å²) in [5.41, 5.74) is 1.48. The Kier molecular flexibility index (Phi) is 5.40. The van der Waals surface area contributed by atoms with Gasteiger partial charge in [-0.25, -0.2) is 0 Å². The lowest BCUT2D eigenvalue weighted by molar-refractivity contribution is -0.137. The third-order valence-corrected chi connectivity index (χ3v) is 2.98. The van der Waals surface area contributed by atoms with E-state index in [0.29, 0.717) is 16.8 Å². The molecular formula is C16H15N3O4. The quantitative estimate of drug-likeness (QED) is 0.739. The van der Waals surface area contributed by atoms with Crippen LogP contribution >= 0.6 is 0 Å². The van der Waals surface area contributed by atoms with Crippen LogP contribution in [0.5, 0.6) is 0 Å². The number of nitrogens with one attached hydrogen (secondary N) is 2. The molecule has 0 atom stereocenters. The highest BCUT2D eigenvalue weighted by molar-refractivity contribution is 6.04. The maximum absolute atomic E-state index is 12.1. The van der Waals surface area contributed by atoms with E-state index in [0.717, 1.165) is 0 Å². The Balaban J connectivity index is 2.07. The first-order valence-electron chi connectivity index (χ1n) is 6.84. The molecule has 0 spiro atoms. The number of aliphatic carboxylic acids is 1. The molecule has 0 bridgehead atoms. The van der Waals surface area contributed by atoms with Gasteiger partial charge in [0.1, 0.15) is 6.54 Å². The normalized spacial score (nSPS) is 9.91. The van der Waals surface area contributed by atoms with Gasteiger partial charge in [0.2, 0.25) is 5.91 Å². The molecule has 1 aromatic carbocycles. The average Bonchev–Trinajstić information content (AvgIpc) is 2.55. The number of anilines is 1. The first kappa shape index (κ1) is 16.2. The zero-order valence-corrected chi connectivity index (χ0v) is 12.2. The van der Waals surface area contributed by atoms with Crippen LogP contribution in [0.2, 0.25) is 0 Å². The van der Waals surface area contributed by atoms with Crippen LogP contribution in [0.25, 0.3) is 0 Å². The lowest BCUT2D eigenvalue weighted by Crippen LogP contribution is -2.30. The van der Waals surface area contributed by atoms with Crippen LogP contribution in [0.15, 0.2) is 48.8 Å². The van der Waals surface area contributed by atoms with Crippen molar-refractivity contribution in [3.05, 3.63) is 59.9 Å². The number of hydrogen-bond donors (Lipinski definition) is 3. The van der Waals surface area contributed by atoms with E-state index in [4.69, 9.17) is 5.11 Å². The van der Waals surface area contributed by atoms with Crippen LogP contribution in [0.3, 0.4) is 0 Å². The Morgan fingerprint density at radius 1 is 1.09 bits per heavy atom. The molecule has 0 aliphatic carbocycles. The number of aromatic nitrogens is 1. The number of benzene rings is 1. The molecule has 0 unspecified atom stereocenters.